The van der Waals surface area contributed by atoms with Crippen molar-refractivity contribution in [3.05, 3.63) is 0 Å². The molecule has 2 fully saturated rings. The van der Waals surface area contributed by atoms with Crippen LogP contribution in [-0.2, 0) is 14.3 Å². The van der Waals surface area contributed by atoms with E-state index in [0.717, 1.165) is 19.1 Å². The van der Waals surface area contributed by atoms with E-state index >= 15 is 0 Å². The third-order valence-corrected chi connectivity index (χ3v) is 4.06. The first-order valence-electron chi connectivity index (χ1n) is 5.95. The molecule has 0 aromatic rings. The van der Waals surface area contributed by atoms with E-state index in [9.17, 15) is 13.2 Å². The maximum atomic E-state index is 10.9. The summed E-state index contributed by atoms with van der Waals surface area (Å²) in [5, 5.41) is 8.83. The maximum Gasteiger partial charge on any atom is 0.407 e. The summed E-state index contributed by atoms with van der Waals surface area (Å²) >= 11 is 0. The number of carboxylic acid groups (broad SMARTS) is 1. The van der Waals surface area contributed by atoms with Gasteiger partial charge < -0.3 is 10.0 Å². The van der Waals surface area contributed by atoms with Crippen LogP contribution in [0.1, 0.15) is 12.8 Å². The Morgan fingerprint density at radius 3 is 2.28 bits per heavy atom. The number of rotatable bonds is 3. The molecule has 2 aliphatic rings. The van der Waals surface area contributed by atoms with E-state index in [0.29, 0.717) is 32.2 Å². The lowest BCUT2D eigenvalue weighted by Gasteiger charge is -2.45. The van der Waals surface area contributed by atoms with E-state index in [1.807, 2.05) is 0 Å². The number of hydrogen-bond donors (Lipinski definition) is 1. The van der Waals surface area contributed by atoms with Gasteiger partial charge in [-0.15, -0.1) is 0 Å². The second kappa shape index (κ2) is 5.02. The number of carbonyl (C=O) groups is 1. The van der Waals surface area contributed by atoms with Gasteiger partial charge in [-0.2, -0.15) is 8.42 Å². The zero-order valence-electron chi connectivity index (χ0n) is 10.3. The van der Waals surface area contributed by atoms with Crippen LogP contribution in [0.15, 0.2) is 0 Å². The summed E-state index contributed by atoms with van der Waals surface area (Å²) in [6.45, 7) is 2.33. The van der Waals surface area contributed by atoms with E-state index < -0.39 is 16.2 Å². The van der Waals surface area contributed by atoms with Gasteiger partial charge in [0.1, 0.15) is 6.10 Å². The van der Waals surface area contributed by atoms with Gasteiger partial charge in [0, 0.05) is 32.2 Å². The third-order valence-electron chi connectivity index (χ3n) is 3.44. The Bertz CT molecular complexity index is 410. The first-order chi connectivity index (χ1) is 8.35. The Balaban J connectivity index is 1.72. The topological polar surface area (TPSA) is 87.2 Å². The van der Waals surface area contributed by atoms with E-state index in [2.05, 4.69) is 4.90 Å². The molecule has 0 atom stereocenters. The molecule has 0 saturated carbocycles. The lowest BCUT2D eigenvalue weighted by molar-refractivity contribution is -0.0218. The Morgan fingerprint density at radius 1 is 1.28 bits per heavy atom. The molecular weight excluding hydrogens is 260 g/mol. The van der Waals surface area contributed by atoms with Gasteiger partial charge in [-0.3, -0.25) is 9.08 Å². The van der Waals surface area contributed by atoms with Crippen molar-refractivity contribution in [2.75, 3.05) is 32.4 Å². The molecule has 7 nitrogen and oxygen atoms in total. The summed E-state index contributed by atoms with van der Waals surface area (Å²) in [6, 6.07) is 0.347. The summed E-state index contributed by atoms with van der Waals surface area (Å²) in [7, 11) is -3.37. The van der Waals surface area contributed by atoms with Gasteiger partial charge >= 0.3 is 6.09 Å². The third kappa shape index (κ3) is 3.33. The SMILES string of the molecule is CS(=O)(=O)OC1CN(C2CCN(C(=O)O)CC2)C1. The van der Waals surface area contributed by atoms with Crippen LogP contribution in [0.3, 0.4) is 0 Å². The van der Waals surface area contributed by atoms with Crippen molar-refractivity contribution in [1.82, 2.24) is 9.80 Å². The van der Waals surface area contributed by atoms with Crippen LogP contribution in [0.4, 0.5) is 4.79 Å². The Labute approximate surface area is 106 Å². The molecular formula is C10H18N2O5S. The van der Waals surface area contributed by atoms with Crippen molar-refractivity contribution in [1.29, 1.82) is 0 Å². The number of piperidine rings is 1. The normalized spacial score (nSPS) is 23.9. The molecule has 0 aromatic heterocycles. The predicted molar refractivity (Wildman–Crippen MR) is 63.9 cm³/mol. The summed E-state index contributed by atoms with van der Waals surface area (Å²) in [6.07, 6.45) is 1.56. The maximum absolute atomic E-state index is 10.9. The van der Waals surface area contributed by atoms with Crippen LogP contribution >= 0.6 is 0 Å². The van der Waals surface area contributed by atoms with Crippen LogP contribution in [0, 0.1) is 0 Å². The van der Waals surface area contributed by atoms with Crippen molar-refractivity contribution >= 4 is 16.2 Å². The lowest BCUT2D eigenvalue weighted by Crippen LogP contribution is -2.59. The van der Waals surface area contributed by atoms with E-state index in [4.69, 9.17) is 9.29 Å². The minimum atomic E-state index is -3.37. The highest BCUT2D eigenvalue weighted by Gasteiger charge is 2.36. The van der Waals surface area contributed by atoms with E-state index in [1.54, 1.807) is 0 Å². The summed E-state index contributed by atoms with van der Waals surface area (Å²) < 4.78 is 26.7. The van der Waals surface area contributed by atoms with Crippen LogP contribution in [0.5, 0.6) is 0 Å². The fraction of sp³-hybridized carbons (Fsp3) is 0.900. The molecule has 0 aliphatic carbocycles. The first kappa shape index (κ1) is 13.6. The van der Waals surface area contributed by atoms with Gasteiger partial charge in [-0.25, -0.2) is 4.79 Å². The summed E-state index contributed by atoms with van der Waals surface area (Å²) in [5.41, 5.74) is 0. The monoisotopic (exact) mass is 278 g/mol. The fourth-order valence-corrected chi connectivity index (χ4v) is 3.11. The van der Waals surface area contributed by atoms with Crippen molar-refractivity contribution in [2.24, 2.45) is 0 Å². The lowest BCUT2D eigenvalue weighted by atomic mass is 9.99. The molecule has 2 saturated heterocycles. The Kier molecular flexibility index (Phi) is 3.79. The van der Waals surface area contributed by atoms with Crippen LogP contribution in [0.2, 0.25) is 0 Å². The molecule has 104 valence electrons. The largest absolute Gasteiger partial charge is 0.465 e. The van der Waals surface area contributed by atoms with Gasteiger partial charge in [0.25, 0.3) is 10.1 Å². The standard InChI is InChI=1S/C10H18N2O5S/c1-18(15,16)17-9-6-12(7-9)8-2-4-11(5-3-8)10(13)14/h8-9H,2-7H2,1H3,(H,13,14). The molecule has 18 heavy (non-hydrogen) atoms. The average Bonchev–Trinajstić information content (AvgIpc) is 2.22. The Morgan fingerprint density at radius 2 is 1.83 bits per heavy atom. The van der Waals surface area contributed by atoms with E-state index in [-0.39, 0.29) is 6.10 Å². The highest BCUT2D eigenvalue weighted by Crippen LogP contribution is 2.23. The number of nitrogens with zero attached hydrogens (tertiary/aromatic N) is 2. The van der Waals surface area contributed by atoms with Crippen LogP contribution in [-0.4, -0.2) is 74.0 Å². The molecule has 0 unspecified atom stereocenters. The quantitative estimate of drug-likeness (QED) is 0.719. The Hall–Kier alpha value is -0.860. The zero-order chi connectivity index (χ0) is 13.3. The minimum Gasteiger partial charge on any atom is -0.465 e. The molecule has 1 N–H and O–H groups in total. The van der Waals surface area contributed by atoms with Crippen molar-refractivity contribution in [3.8, 4) is 0 Å². The van der Waals surface area contributed by atoms with Gasteiger partial charge in [-0.1, -0.05) is 0 Å². The fourth-order valence-electron chi connectivity index (χ4n) is 2.50. The van der Waals surface area contributed by atoms with Crippen molar-refractivity contribution in [2.45, 2.75) is 25.0 Å². The van der Waals surface area contributed by atoms with Gasteiger partial charge in [-0.05, 0) is 12.8 Å². The van der Waals surface area contributed by atoms with Crippen molar-refractivity contribution < 1.29 is 22.5 Å². The highest BCUT2D eigenvalue weighted by molar-refractivity contribution is 7.86. The summed E-state index contributed by atoms with van der Waals surface area (Å²) in [5.74, 6) is 0. The average molecular weight is 278 g/mol. The predicted octanol–water partition coefficient (Wildman–Crippen LogP) is -0.211. The highest BCUT2D eigenvalue weighted by atomic mass is 32.2. The molecule has 0 aromatic carbocycles. The van der Waals surface area contributed by atoms with Gasteiger partial charge in [0.15, 0.2) is 0 Å². The second-order valence-electron chi connectivity index (χ2n) is 4.88. The van der Waals surface area contributed by atoms with Crippen LogP contribution in [0.25, 0.3) is 0 Å². The van der Waals surface area contributed by atoms with Gasteiger partial charge in [0.2, 0.25) is 0 Å². The van der Waals surface area contributed by atoms with E-state index in [1.165, 1.54) is 4.90 Å². The molecule has 2 heterocycles. The molecule has 0 bridgehead atoms. The molecule has 2 aliphatic heterocycles. The molecule has 0 radical (unpaired) electrons. The van der Waals surface area contributed by atoms with Crippen LogP contribution < -0.4 is 0 Å². The smallest absolute Gasteiger partial charge is 0.407 e. The molecule has 2 rings (SSSR count). The molecule has 8 heteroatoms. The first-order valence-corrected chi connectivity index (χ1v) is 7.77. The second-order valence-corrected chi connectivity index (χ2v) is 6.48. The van der Waals surface area contributed by atoms with Gasteiger partial charge in [0.05, 0.1) is 6.26 Å². The molecule has 1 amide bonds. The number of hydrogen-bond acceptors (Lipinski definition) is 5. The number of likely N-dealkylation sites (tertiary alicyclic amines) is 2. The summed E-state index contributed by atoms with van der Waals surface area (Å²) in [4.78, 5) is 14.3. The number of amides is 1. The zero-order valence-corrected chi connectivity index (χ0v) is 11.1. The van der Waals surface area contributed by atoms with Crippen molar-refractivity contribution in [3.63, 3.8) is 0 Å². The molecule has 0 spiro atoms. The minimum absolute atomic E-state index is 0.238.